The van der Waals surface area contributed by atoms with Gasteiger partial charge in [0.05, 0.1) is 45.3 Å². The van der Waals surface area contributed by atoms with Crippen molar-refractivity contribution >= 4 is 146 Å². The standard InChI is InChI=1S/C63H105N25O19S3/c1-5-31(2)48-60(107)77-26-45(92)78-32(3)50(97)86-42(49(65)96)29-109-110-30-43(87-58(105)41(28-90)85-57(104)40(27-89)84-51(98)34(64)14-9-18-72-61(66)67)59(106)82-38(22-33-12-7-6-8-13-33)52(99)76-24-44(91)75-25-46(93)79-35(15-10-19-73-62(68)69)53(100)81-37(17-21-108-4)54(101)83-39(23-47(94)95)56(103)80-36(55(102)88-48)16-11-20-74-63(70)71/h6-8,12-13,31-32,34-43,48,89-90H,5,9-11,14-30,64H2,1-4H3,(H2,65,96)(H,75,91)(H,76,99)(H,77,107)(H,78,92)(H,79,93)(H,80,103)(H,81,100)(H,82,106)(H,83,101)(H,84,98)(H,85,104)(H,86,97)(H,87,105)(H,88,102)(H,94,95)(H4,66,67,72)(H4,68,69,73)(H4,70,71,74)/t31-,32-,34-,35-,36-,37-,38-,39-,40-,41-,42-,43-,48-/m0/s1. The zero-order chi connectivity index (χ0) is 82.6. The highest BCUT2D eigenvalue weighted by atomic mass is 33.1. The molecule has 0 spiro atoms. The van der Waals surface area contributed by atoms with E-state index in [0.717, 1.165) is 21.6 Å². The fraction of sp³-hybridized carbons (Fsp3) is 0.603. The molecule has 0 aromatic heterocycles. The van der Waals surface area contributed by atoms with Gasteiger partial charge in [0.2, 0.25) is 88.6 Å². The largest absolute Gasteiger partial charge is 0.481 e. The third-order valence-electron chi connectivity index (χ3n) is 16.0. The average molecular weight is 1610 g/mol. The van der Waals surface area contributed by atoms with Gasteiger partial charge in [-0.25, -0.2) is 0 Å². The Morgan fingerprint density at radius 2 is 1.04 bits per heavy atom. The van der Waals surface area contributed by atoms with Crippen LogP contribution in [0.25, 0.3) is 0 Å². The summed E-state index contributed by atoms with van der Waals surface area (Å²) in [6.45, 7) is -0.291. The van der Waals surface area contributed by atoms with Crippen LogP contribution in [0.5, 0.6) is 0 Å². The van der Waals surface area contributed by atoms with Gasteiger partial charge in [0.15, 0.2) is 17.9 Å². The number of nitrogens with two attached hydrogens (primary N) is 8. The Bertz CT molecular complexity index is 3390. The first-order valence-corrected chi connectivity index (χ1v) is 38.5. The number of hydrogen-bond acceptors (Lipinski definition) is 25. The monoisotopic (exact) mass is 1610 g/mol. The Labute approximate surface area is 645 Å². The third-order valence-corrected chi connectivity index (χ3v) is 19.0. The van der Waals surface area contributed by atoms with Crippen LogP contribution in [0.15, 0.2) is 45.3 Å². The van der Waals surface area contributed by atoms with E-state index in [-0.39, 0.29) is 107 Å². The number of primary amides is 1. The summed E-state index contributed by atoms with van der Waals surface area (Å²) in [6, 6.07) is -11.2. The number of carbonyl (C=O) groups excluding carboxylic acids is 15. The van der Waals surface area contributed by atoms with Crippen molar-refractivity contribution in [2.24, 2.45) is 66.8 Å². The normalized spacial score (nSPS) is 22.3. The molecule has 33 N–H and O–H groups in total. The summed E-state index contributed by atoms with van der Waals surface area (Å²) >= 11 is 1.23. The molecule has 0 bridgehead atoms. The Kier molecular flexibility index (Phi) is 45.0. The fourth-order valence-electron chi connectivity index (χ4n) is 9.72. The SMILES string of the molecule is CC[C@H](C)[C@@H]1NC(=O)[C@H](CCCN=C(N)N)NC(=O)[C@H](CC(=O)O)NC(=O)[C@H](CCSC)NC(=O)[C@H](CCCN=C(N)N)NC(=O)CNC(=O)CNC(=O)[C@H](Cc2ccccc2)NC(=O)[C@@H](NC(=O)[C@H](CO)NC(=O)[C@H](CO)NC(=O)[C@@H](N)CCCN=C(N)N)CSSC[C@@H](C(N)=O)NC(=O)[C@H](C)NC(=O)CNC1=O. The number of benzene rings is 1. The molecule has 44 nitrogen and oxygen atoms in total. The maximum absolute atomic E-state index is 14.6. The van der Waals surface area contributed by atoms with Crippen molar-refractivity contribution < 1.29 is 92.0 Å². The Hall–Kier alpha value is -10.5. The van der Waals surface area contributed by atoms with Crippen LogP contribution in [0.1, 0.15) is 84.1 Å². The van der Waals surface area contributed by atoms with Crippen molar-refractivity contribution in [2.45, 2.75) is 157 Å². The molecular formula is C63H105N25O19S3. The van der Waals surface area contributed by atoms with Gasteiger partial charge in [-0.1, -0.05) is 72.2 Å². The summed E-state index contributed by atoms with van der Waals surface area (Å²) < 4.78 is 0. The molecule has 1 heterocycles. The Morgan fingerprint density at radius 1 is 0.555 bits per heavy atom. The minimum absolute atomic E-state index is 0.00636. The van der Waals surface area contributed by atoms with E-state index in [1.165, 1.54) is 18.7 Å². The second-order valence-corrected chi connectivity index (χ2v) is 28.4. The molecule has 15 amide bonds. The van der Waals surface area contributed by atoms with Crippen molar-refractivity contribution in [1.29, 1.82) is 0 Å². The van der Waals surface area contributed by atoms with Gasteiger partial charge < -0.3 is 136 Å². The second kappa shape index (κ2) is 51.7. The lowest BCUT2D eigenvalue weighted by Gasteiger charge is -2.28. The van der Waals surface area contributed by atoms with Gasteiger partial charge in [-0.2, -0.15) is 11.8 Å². The number of nitrogens with one attached hydrogen (secondary N) is 14. The van der Waals surface area contributed by atoms with Crippen LogP contribution in [0.2, 0.25) is 0 Å². The first-order valence-electron chi connectivity index (χ1n) is 34.6. The van der Waals surface area contributed by atoms with Crippen LogP contribution < -0.4 is 120 Å². The lowest BCUT2D eigenvalue weighted by molar-refractivity contribution is -0.141. The lowest BCUT2D eigenvalue weighted by Crippen LogP contribution is -2.61. The number of aliphatic hydroxyl groups excluding tert-OH is 2. The molecule has 1 saturated heterocycles. The van der Waals surface area contributed by atoms with Gasteiger partial charge in [-0.05, 0) is 75.4 Å². The topological polar surface area (TPSA) is 747 Å². The van der Waals surface area contributed by atoms with Gasteiger partial charge >= 0.3 is 5.97 Å². The number of hydrogen-bond donors (Lipinski definition) is 25. The molecule has 110 heavy (non-hydrogen) atoms. The van der Waals surface area contributed by atoms with Crippen molar-refractivity contribution in [2.75, 3.05) is 76.0 Å². The number of carboxylic acids is 1. The number of nitrogens with zero attached hydrogens (tertiary/aromatic N) is 3. The summed E-state index contributed by atoms with van der Waals surface area (Å²) in [7, 11) is 1.60. The summed E-state index contributed by atoms with van der Waals surface area (Å²) in [6.07, 6.45) is 0.200. The molecule has 1 aliphatic rings. The predicted octanol–water partition coefficient (Wildman–Crippen LogP) is -11.4. The summed E-state index contributed by atoms with van der Waals surface area (Å²) in [5.41, 5.74) is 44.8. The number of amides is 15. The number of aliphatic carboxylic acids is 1. The van der Waals surface area contributed by atoms with E-state index >= 15 is 0 Å². The number of aliphatic hydroxyl groups is 2. The minimum Gasteiger partial charge on any atom is -0.481 e. The number of aliphatic imine (C=N–C) groups is 3. The highest BCUT2D eigenvalue weighted by molar-refractivity contribution is 8.76. The average Bonchev–Trinajstić information content (AvgIpc) is 0.864. The molecule has 47 heteroatoms. The van der Waals surface area contributed by atoms with Crippen molar-refractivity contribution in [1.82, 2.24) is 74.4 Å². The van der Waals surface area contributed by atoms with Gasteiger partial charge in [-0.3, -0.25) is 91.7 Å². The highest BCUT2D eigenvalue weighted by Gasteiger charge is 2.37. The zero-order valence-electron chi connectivity index (χ0n) is 61.3. The second-order valence-electron chi connectivity index (χ2n) is 24.8. The van der Waals surface area contributed by atoms with Gasteiger partial charge in [-0.15, -0.1) is 0 Å². The molecule has 1 fully saturated rings. The van der Waals surface area contributed by atoms with Crippen LogP contribution in [0, 0.1) is 5.92 Å². The summed E-state index contributed by atoms with van der Waals surface area (Å²) in [5.74, 6) is -19.5. The van der Waals surface area contributed by atoms with Crippen molar-refractivity contribution in [3.05, 3.63) is 35.9 Å². The van der Waals surface area contributed by atoms with Gasteiger partial charge in [0, 0.05) is 37.6 Å². The van der Waals surface area contributed by atoms with E-state index in [9.17, 15) is 92.0 Å². The first-order chi connectivity index (χ1) is 52.0. The highest BCUT2D eigenvalue weighted by Crippen LogP contribution is 2.24. The van der Waals surface area contributed by atoms with Crippen LogP contribution in [-0.4, -0.2) is 276 Å². The number of guanidine groups is 3. The molecule has 1 aromatic rings. The molecule has 0 aliphatic carbocycles. The third kappa shape index (κ3) is 38.0. The molecule has 0 radical (unpaired) electrons. The molecule has 2 rings (SSSR count). The summed E-state index contributed by atoms with van der Waals surface area (Å²) in [4.78, 5) is 231. The number of thioether (sulfide) groups is 1. The fourth-order valence-corrected chi connectivity index (χ4v) is 12.5. The van der Waals surface area contributed by atoms with E-state index in [2.05, 4.69) is 89.4 Å². The first kappa shape index (κ1) is 95.6. The molecule has 0 saturated carbocycles. The van der Waals surface area contributed by atoms with E-state index < -0.39 is 218 Å². The minimum atomic E-state index is -1.95. The van der Waals surface area contributed by atoms with Crippen LogP contribution in [0.4, 0.5) is 0 Å². The van der Waals surface area contributed by atoms with Crippen LogP contribution in [-0.2, 0) is 83.1 Å². The lowest BCUT2D eigenvalue weighted by atomic mass is 9.97. The van der Waals surface area contributed by atoms with Crippen LogP contribution >= 0.6 is 33.3 Å². The Morgan fingerprint density at radius 3 is 1.59 bits per heavy atom. The van der Waals surface area contributed by atoms with Crippen molar-refractivity contribution in [3.8, 4) is 0 Å². The smallest absolute Gasteiger partial charge is 0.305 e. The van der Waals surface area contributed by atoms with Gasteiger partial charge in [0.25, 0.3) is 0 Å². The van der Waals surface area contributed by atoms with E-state index in [1.807, 2.05) is 0 Å². The molecular weight excluding hydrogens is 1510 g/mol. The molecule has 0 unspecified atom stereocenters. The summed E-state index contributed by atoms with van der Waals surface area (Å²) in [5, 5.41) is 64.0. The zero-order valence-corrected chi connectivity index (χ0v) is 63.7. The maximum Gasteiger partial charge on any atom is 0.305 e. The van der Waals surface area contributed by atoms with Crippen molar-refractivity contribution in [3.63, 3.8) is 0 Å². The number of carboxylic acid groups (broad SMARTS) is 1. The van der Waals surface area contributed by atoms with Crippen LogP contribution in [0.3, 0.4) is 0 Å². The quantitative estimate of drug-likeness (QED) is 0.0147. The van der Waals surface area contributed by atoms with E-state index in [1.54, 1.807) is 50.4 Å². The number of rotatable bonds is 30. The predicted molar refractivity (Wildman–Crippen MR) is 407 cm³/mol. The number of carbonyl (C=O) groups is 16. The van der Waals surface area contributed by atoms with Gasteiger partial charge in [0.1, 0.15) is 66.5 Å². The molecule has 614 valence electrons. The Balaban J connectivity index is 2.77. The molecule has 1 aliphatic heterocycles. The maximum atomic E-state index is 14.6. The molecule has 1 aromatic carbocycles. The van der Waals surface area contributed by atoms with E-state index in [4.69, 9.17) is 45.9 Å². The molecule has 13 atom stereocenters. The van der Waals surface area contributed by atoms with E-state index in [0.29, 0.717) is 5.56 Å².